The molecule has 2 aromatic rings. The van der Waals surface area contributed by atoms with Crippen LogP contribution >= 0.6 is 0 Å². The maximum Gasteiger partial charge on any atom is 0.270 e. The van der Waals surface area contributed by atoms with Crippen LogP contribution in [-0.2, 0) is 14.8 Å². The Kier molecular flexibility index (Phi) is 8.63. The first-order chi connectivity index (χ1) is 15.0. The second-order valence-electron chi connectivity index (χ2n) is 7.25. The Hall–Kier alpha value is -3.09. The summed E-state index contributed by atoms with van der Waals surface area (Å²) in [5.41, 5.74) is 2.59. The quantitative estimate of drug-likeness (QED) is 0.171. The minimum absolute atomic E-state index is 0.0489. The minimum atomic E-state index is -3.93. The number of hydrogen-bond acceptors (Lipinski definition) is 7. The normalized spacial score (nSPS) is 12.2. The van der Waals surface area contributed by atoms with Crippen molar-refractivity contribution in [3.05, 3.63) is 63.5 Å². The Morgan fingerprint density at radius 3 is 2.44 bits per heavy atom. The van der Waals surface area contributed by atoms with Crippen LogP contribution in [0.4, 0.5) is 15.8 Å². The third kappa shape index (κ3) is 6.70. The minimum Gasteiger partial charge on any atom is -0.374 e. The standard InChI is InChI=1S/C20H25FN4O6S/c1-13-10-15(11-14(2)19(13)21)23-18(20(26)24-27)8-3-4-9-22-32(30,31)17-7-5-6-16(12-17)25(28)29/h5-7,10-12,18,22-23,27H,3-4,8-9H2,1-2H3,(H,24,26). The van der Waals surface area contributed by atoms with Crippen LogP contribution in [-0.4, -0.2) is 37.0 Å². The summed E-state index contributed by atoms with van der Waals surface area (Å²) in [7, 11) is -3.93. The van der Waals surface area contributed by atoms with Gasteiger partial charge in [0.1, 0.15) is 11.9 Å². The van der Waals surface area contributed by atoms with Crippen LogP contribution in [0.2, 0.25) is 0 Å². The molecule has 0 fully saturated rings. The molecule has 0 radical (unpaired) electrons. The predicted octanol–water partition coefficient (Wildman–Crippen LogP) is 2.79. The maximum atomic E-state index is 13.8. The van der Waals surface area contributed by atoms with Crippen LogP contribution in [0.25, 0.3) is 0 Å². The van der Waals surface area contributed by atoms with Gasteiger partial charge in [-0.25, -0.2) is 23.0 Å². The first-order valence-corrected chi connectivity index (χ1v) is 11.2. The highest BCUT2D eigenvalue weighted by Gasteiger charge is 2.20. The molecule has 0 saturated heterocycles. The number of carbonyl (C=O) groups excluding carboxylic acids is 1. The maximum absolute atomic E-state index is 13.8. The first-order valence-electron chi connectivity index (χ1n) is 9.76. The number of aryl methyl sites for hydroxylation is 2. The molecule has 1 atom stereocenters. The Labute approximate surface area is 185 Å². The van der Waals surface area contributed by atoms with Crippen molar-refractivity contribution < 1.29 is 27.7 Å². The molecule has 1 unspecified atom stereocenters. The van der Waals surface area contributed by atoms with Crippen LogP contribution in [0.15, 0.2) is 41.3 Å². The highest BCUT2D eigenvalue weighted by Crippen LogP contribution is 2.20. The summed E-state index contributed by atoms with van der Waals surface area (Å²) in [6.07, 6.45) is 1.05. The number of anilines is 1. The molecular weight excluding hydrogens is 443 g/mol. The number of amides is 1. The highest BCUT2D eigenvalue weighted by molar-refractivity contribution is 7.89. The number of unbranched alkanes of at least 4 members (excludes halogenated alkanes) is 1. The summed E-state index contributed by atoms with van der Waals surface area (Å²) >= 11 is 0. The Balaban J connectivity index is 1.92. The molecule has 0 bridgehead atoms. The van der Waals surface area contributed by atoms with Gasteiger partial charge in [-0.2, -0.15) is 0 Å². The third-order valence-corrected chi connectivity index (χ3v) is 6.21. The summed E-state index contributed by atoms with van der Waals surface area (Å²) in [4.78, 5) is 21.9. The number of rotatable bonds is 11. The van der Waals surface area contributed by atoms with Crippen molar-refractivity contribution in [2.75, 3.05) is 11.9 Å². The molecule has 0 aliphatic carbocycles. The number of non-ortho nitro benzene ring substituents is 1. The van der Waals surface area contributed by atoms with Gasteiger partial charge in [0.25, 0.3) is 11.6 Å². The molecule has 174 valence electrons. The molecule has 32 heavy (non-hydrogen) atoms. The lowest BCUT2D eigenvalue weighted by Gasteiger charge is -2.19. The van der Waals surface area contributed by atoms with Gasteiger partial charge in [-0.1, -0.05) is 6.07 Å². The van der Waals surface area contributed by atoms with Crippen LogP contribution in [0.1, 0.15) is 30.4 Å². The third-order valence-electron chi connectivity index (χ3n) is 4.75. The van der Waals surface area contributed by atoms with E-state index in [1.54, 1.807) is 31.5 Å². The van der Waals surface area contributed by atoms with Crippen molar-refractivity contribution in [3.8, 4) is 0 Å². The fourth-order valence-corrected chi connectivity index (χ4v) is 4.22. The lowest BCUT2D eigenvalue weighted by molar-refractivity contribution is -0.385. The number of sulfonamides is 1. The van der Waals surface area contributed by atoms with Crippen molar-refractivity contribution in [2.45, 2.75) is 44.0 Å². The summed E-state index contributed by atoms with van der Waals surface area (Å²) in [6, 6.07) is 6.99. The van der Waals surface area contributed by atoms with Crippen LogP contribution in [0, 0.1) is 29.8 Å². The van der Waals surface area contributed by atoms with Crippen molar-refractivity contribution in [3.63, 3.8) is 0 Å². The average molecular weight is 469 g/mol. The van der Waals surface area contributed by atoms with E-state index < -0.39 is 26.9 Å². The van der Waals surface area contributed by atoms with Crippen molar-refractivity contribution in [1.29, 1.82) is 0 Å². The van der Waals surface area contributed by atoms with Gasteiger partial charge in [0.15, 0.2) is 0 Å². The van der Waals surface area contributed by atoms with Gasteiger partial charge < -0.3 is 5.32 Å². The number of hydrogen-bond donors (Lipinski definition) is 4. The van der Waals surface area contributed by atoms with E-state index in [0.717, 1.165) is 6.07 Å². The van der Waals surface area contributed by atoms with Crippen molar-refractivity contribution >= 4 is 27.3 Å². The lowest BCUT2D eigenvalue weighted by Crippen LogP contribution is -2.38. The van der Waals surface area contributed by atoms with Gasteiger partial charge in [-0.15, -0.1) is 0 Å². The number of nitrogens with zero attached hydrogens (tertiary/aromatic N) is 1. The number of halogens is 1. The molecule has 0 saturated carbocycles. The second kappa shape index (κ2) is 11.0. The summed E-state index contributed by atoms with van der Waals surface area (Å²) in [5, 5.41) is 22.8. The van der Waals surface area contributed by atoms with E-state index in [4.69, 9.17) is 5.21 Å². The van der Waals surface area contributed by atoms with Crippen molar-refractivity contribution in [2.24, 2.45) is 0 Å². The molecule has 0 heterocycles. The highest BCUT2D eigenvalue weighted by atomic mass is 32.2. The Morgan fingerprint density at radius 1 is 1.19 bits per heavy atom. The van der Waals surface area contributed by atoms with Crippen LogP contribution in [0.5, 0.6) is 0 Å². The zero-order chi connectivity index (χ0) is 23.9. The molecule has 2 aromatic carbocycles. The Morgan fingerprint density at radius 2 is 1.84 bits per heavy atom. The molecule has 4 N–H and O–H groups in total. The van der Waals surface area contributed by atoms with Crippen LogP contribution in [0.3, 0.4) is 0 Å². The number of benzene rings is 2. The zero-order valence-corrected chi connectivity index (χ0v) is 18.4. The van der Waals surface area contributed by atoms with Gasteiger partial charge in [0.2, 0.25) is 10.0 Å². The fourth-order valence-electron chi connectivity index (χ4n) is 3.10. The zero-order valence-electron chi connectivity index (χ0n) is 17.6. The fraction of sp³-hybridized carbons (Fsp3) is 0.350. The summed E-state index contributed by atoms with van der Waals surface area (Å²) in [5.74, 6) is -1.02. The molecule has 0 aromatic heterocycles. The molecule has 12 heteroatoms. The van der Waals surface area contributed by atoms with Gasteiger partial charge in [0.05, 0.1) is 9.82 Å². The summed E-state index contributed by atoms with van der Waals surface area (Å²) in [6.45, 7) is 3.25. The second-order valence-corrected chi connectivity index (χ2v) is 9.01. The molecular formula is C20H25FN4O6S. The Bertz CT molecular complexity index is 1070. The molecule has 2 rings (SSSR count). The topological polar surface area (TPSA) is 151 Å². The van der Waals surface area contributed by atoms with E-state index in [1.807, 2.05) is 0 Å². The number of nitro groups is 1. The van der Waals surface area contributed by atoms with E-state index in [1.165, 1.54) is 18.2 Å². The van der Waals surface area contributed by atoms with E-state index in [2.05, 4.69) is 10.0 Å². The number of nitro benzene ring substituents is 1. The molecule has 0 aliphatic rings. The molecule has 0 spiro atoms. The largest absolute Gasteiger partial charge is 0.374 e. The van der Waals surface area contributed by atoms with Gasteiger partial charge in [-0.05, 0) is 62.4 Å². The SMILES string of the molecule is Cc1cc(NC(CCCCNS(=O)(=O)c2cccc([N+](=O)[O-])c2)C(=O)NO)cc(C)c1F. The number of nitrogens with one attached hydrogen (secondary N) is 3. The predicted molar refractivity (Wildman–Crippen MR) is 115 cm³/mol. The van der Waals surface area contributed by atoms with Gasteiger partial charge in [0, 0.05) is 24.4 Å². The van der Waals surface area contributed by atoms with Crippen molar-refractivity contribution in [1.82, 2.24) is 10.2 Å². The lowest BCUT2D eigenvalue weighted by atomic mass is 10.1. The first kappa shape index (κ1) is 25.2. The van der Waals surface area contributed by atoms with E-state index >= 15 is 0 Å². The smallest absolute Gasteiger partial charge is 0.270 e. The van der Waals surface area contributed by atoms with Gasteiger partial charge >= 0.3 is 0 Å². The van der Waals surface area contributed by atoms with Gasteiger partial charge in [-0.3, -0.25) is 20.1 Å². The molecule has 0 aliphatic heterocycles. The average Bonchev–Trinajstić information content (AvgIpc) is 2.75. The summed E-state index contributed by atoms with van der Waals surface area (Å²) < 4.78 is 40.8. The number of carbonyl (C=O) groups is 1. The molecule has 1 amide bonds. The monoisotopic (exact) mass is 468 g/mol. The van der Waals surface area contributed by atoms with Crippen LogP contribution < -0.4 is 15.5 Å². The van der Waals surface area contributed by atoms with E-state index in [9.17, 15) is 27.7 Å². The van der Waals surface area contributed by atoms with E-state index in [-0.39, 0.29) is 29.4 Å². The number of hydroxylamine groups is 1. The van der Waals surface area contributed by atoms with E-state index in [0.29, 0.717) is 29.7 Å². The molecule has 10 nitrogen and oxygen atoms in total.